The molecule has 0 fully saturated rings. The zero-order valence-corrected chi connectivity index (χ0v) is 9.21. The van der Waals surface area contributed by atoms with E-state index in [9.17, 15) is 0 Å². The van der Waals surface area contributed by atoms with Gasteiger partial charge in [0.25, 0.3) is 0 Å². The first-order chi connectivity index (χ1) is 7.33. The third-order valence-electron chi connectivity index (χ3n) is 2.31. The molecule has 0 unspecified atom stereocenters. The van der Waals surface area contributed by atoms with Crippen LogP contribution in [0, 0.1) is 0 Å². The van der Waals surface area contributed by atoms with Crippen LogP contribution in [0.25, 0.3) is 11.1 Å². The largest absolute Gasteiger partial charge is 0.441 e. The van der Waals surface area contributed by atoms with E-state index in [0.29, 0.717) is 0 Å². The topological polar surface area (TPSA) is 38.1 Å². The normalized spacial score (nSPS) is 10.8. The first-order valence-corrected chi connectivity index (χ1v) is 5.46. The number of nitrogens with one attached hydrogen (secondary N) is 1. The summed E-state index contributed by atoms with van der Waals surface area (Å²) in [4.78, 5) is 4.39. The van der Waals surface area contributed by atoms with Crippen LogP contribution in [0.3, 0.4) is 0 Å². The van der Waals surface area contributed by atoms with Crippen molar-refractivity contribution < 1.29 is 4.42 Å². The van der Waals surface area contributed by atoms with Crippen molar-refractivity contribution in [3.8, 4) is 0 Å². The molecule has 0 radical (unpaired) electrons. The second-order valence-corrected chi connectivity index (χ2v) is 3.57. The van der Waals surface area contributed by atoms with Crippen molar-refractivity contribution in [3.05, 3.63) is 24.1 Å². The lowest BCUT2D eigenvalue weighted by molar-refractivity contribution is 0.538. The number of hydrogen-bond donors (Lipinski definition) is 1. The molecule has 1 aromatic carbocycles. The molecule has 1 aromatic heterocycles. The second-order valence-electron chi connectivity index (χ2n) is 3.57. The third-order valence-corrected chi connectivity index (χ3v) is 2.31. The molecule has 15 heavy (non-hydrogen) atoms. The summed E-state index contributed by atoms with van der Waals surface area (Å²) in [5.74, 6) is 0.803. The van der Waals surface area contributed by atoms with Crippen LogP contribution < -0.4 is 5.32 Å². The Balaban J connectivity index is 2.29. The standard InChI is InChI=1S/C12H16N2O/c1-3-7-13-9-5-6-11-10(8-9)14-12(4-2)15-11/h5-6,8,13H,3-4,7H2,1-2H3. The molecule has 1 N–H and O–H groups in total. The van der Waals surface area contributed by atoms with Crippen molar-refractivity contribution in [1.29, 1.82) is 0 Å². The first kappa shape index (κ1) is 10.0. The summed E-state index contributed by atoms with van der Waals surface area (Å²) in [5.41, 5.74) is 2.92. The van der Waals surface area contributed by atoms with E-state index in [1.165, 1.54) is 0 Å². The number of benzene rings is 1. The molecule has 0 spiro atoms. The van der Waals surface area contributed by atoms with Gasteiger partial charge in [-0.05, 0) is 24.6 Å². The van der Waals surface area contributed by atoms with Crippen molar-refractivity contribution in [2.24, 2.45) is 0 Å². The minimum atomic E-state index is 0.803. The van der Waals surface area contributed by atoms with Gasteiger partial charge in [0.15, 0.2) is 11.5 Å². The van der Waals surface area contributed by atoms with Gasteiger partial charge in [0.1, 0.15) is 5.52 Å². The van der Waals surface area contributed by atoms with Gasteiger partial charge in [-0.1, -0.05) is 13.8 Å². The van der Waals surface area contributed by atoms with Crippen molar-refractivity contribution in [2.45, 2.75) is 26.7 Å². The number of hydrogen-bond acceptors (Lipinski definition) is 3. The third kappa shape index (κ3) is 2.12. The van der Waals surface area contributed by atoms with Crippen molar-refractivity contribution in [2.75, 3.05) is 11.9 Å². The summed E-state index contributed by atoms with van der Waals surface area (Å²) in [6, 6.07) is 6.04. The Morgan fingerprint density at radius 1 is 1.33 bits per heavy atom. The fourth-order valence-corrected chi connectivity index (χ4v) is 1.51. The van der Waals surface area contributed by atoms with E-state index >= 15 is 0 Å². The number of oxazole rings is 1. The molecule has 0 aliphatic heterocycles. The van der Waals surface area contributed by atoms with Crippen LogP contribution in [-0.4, -0.2) is 11.5 Å². The Morgan fingerprint density at radius 3 is 2.93 bits per heavy atom. The van der Waals surface area contributed by atoms with Crippen LogP contribution in [0.15, 0.2) is 22.6 Å². The Morgan fingerprint density at radius 2 is 2.20 bits per heavy atom. The predicted octanol–water partition coefficient (Wildman–Crippen LogP) is 3.21. The molecule has 0 aliphatic rings. The maximum atomic E-state index is 5.54. The maximum absolute atomic E-state index is 5.54. The molecule has 0 aliphatic carbocycles. The molecule has 3 heteroatoms. The molecule has 0 saturated heterocycles. The van der Waals surface area contributed by atoms with Crippen molar-refractivity contribution in [1.82, 2.24) is 4.98 Å². The van der Waals surface area contributed by atoms with Crippen LogP contribution in [-0.2, 0) is 6.42 Å². The second kappa shape index (κ2) is 4.34. The van der Waals surface area contributed by atoms with Crippen LogP contribution >= 0.6 is 0 Å². The fourth-order valence-electron chi connectivity index (χ4n) is 1.51. The van der Waals surface area contributed by atoms with Crippen LogP contribution in [0.4, 0.5) is 5.69 Å². The Hall–Kier alpha value is -1.51. The summed E-state index contributed by atoms with van der Waals surface area (Å²) >= 11 is 0. The molecule has 80 valence electrons. The summed E-state index contributed by atoms with van der Waals surface area (Å²) < 4.78 is 5.54. The lowest BCUT2D eigenvalue weighted by atomic mass is 10.3. The summed E-state index contributed by atoms with van der Waals surface area (Å²) in [6.07, 6.45) is 1.96. The maximum Gasteiger partial charge on any atom is 0.195 e. The van der Waals surface area contributed by atoms with E-state index in [2.05, 4.69) is 17.2 Å². The Bertz CT molecular complexity index is 448. The van der Waals surface area contributed by atoms with Crippen LogP contribution in [0.2, 0.25) is 0 Å². The lowest BCUT2D eigenvalue weighted by Gasteiger charge is -2.02. The van der Waals surface area contributed by atoms with Gasteiger partial charge in [-0.3, -0.25) is 0 Å². The highest BCUT2D eigenvalue weighted by molar-refractivity contribution is 5.77. The Kier molecular flexibility index (Phi) is 2.90. The molecule has 2 aromatic rings. The number of anilines is 1. The number of rotatable bonds is 4. The summed E-state index contributed by atoms with van der Waals surface area (Å²) in [7, 11) is 0. The molecule has 2 rings (SSSR count). The smallest absolute Gasteiger partial charge is 0.195 e. The predicted molar refractivity (Wildman–Crippen MR) is 62.2 cm³/mol. The molecule has 3 nitrogen and oxygen atoms in total. The van der Waals surface area contributed by atoms with E-state index in [1.54, 1.807) is 0 Å². The molecule has 0 amide bonds. The monoisotopic (exact) mass is 204 g/mol. The van der Waals surface area contributed by atoms with E-state index in [0.717, 1.165) is 42.1 Å². The molecule has 0 bridgehead atoms. The first-order valence-electron chi connectivity index (χ1n) is 5.46. The number of aromatic nitrogens is 1. The quantitative estimate of drug-likeness (QED) is 0.831. The fraction of sp³-hybridized carbons (Fsp3) is 0.417. The average Bonchev–Trinajstić information content (AvgIpc) is 2.68. The molecule has 0 saturated carbocycles. The molecule has 1 heterocycles. The van der Waals surface area contributed by atoms with Gasteiger partial charge >= 0.3 is 0 Å². The minimum absolute atomic E-state index is 0.803. The van der Waals surface area contributed by atoms with E-state index in [1.807, 2.05) is 25.1 Å². The zero-order valence-electron chi connectivity index (χ0n) is 9.21. The summed E-state index contributed by atoms with van der Waals surface area (Å²) in [5, 5.41) is 3.33. The van der Waals surface area contributed by atoms with Gasteiger partial charge in [-0.2, -0.15) is 0 Å². The van der Waals surface area contributed by atoms with Gasteiger partial charge < -0.3 is 9.73 Å². The van der Waals surface area contributed by atoms with Gasteiger partial charge in [0.05, 0.1) is 0 Å². The highest BCUT2D eigenvalue weighted by Gasteiger charge is 2.04. The van der Waals surface area contributed by atoms with Gasteiger partial charge in [-0.15, -0.1) is 0 Å². The number of nitrogens with zero attached hydrogens (tertiary/aromatic N) is 1. The lowest BCUT2D eigenvalue weighted by Crippen LogP contribution is -1.98. The van der Waals surface area contributed by atoms with E-state index in [4.69, 9.17) is 4.42 Å². The number of fused-ring (bicyclic) bond motifs is 1. The van der Waals surface area contributed by atoms with Crippen LogP contribution in [0.5, 0.6) is 0 Å². The summed E-state index contributed by atoms with van der Waals surface area (Å²) in [6.45, 7) is 5.18. The zero-order chi connectivity index (χ0) is 10.7. The van der Waals surface area contributed by atoms with E-state index in [-0.39, 0.29) is 0 Å². The average molecular weight is 204 g/mol. The van der Waals surface area contributed by atoms with Gasteiger partial charge in [0, 0.05) is 18.7 Å². The van der Waals surface area contributed by atoms with Gasteiger partial charge in [-0.25, -0.2) is 4.98 Å². The molecule has 0 atom stereocenters. The highest BCUT2D eigenvalue weighted by Crippen LogP contribution is 2.20. The van der Waals surface area contributed by atoms with Crippen molar-refractivity contribution >= 4 is 16.8 Å². The SMILES string of the molecule is CCCNc1ccc2oc(CC)nc2c1. The Labute approximate surface area is 89.5 Å². The van der Waals surface area contributed by atoms with Crippen molar-refractivity contribution in [3.63, 3.8) is 0 Å². The van der Waals surface area contributed by atoms with E-state index < -0.39 is 0 Å². The number of aryl methyl sites for hydroxylation is 1. The minimum Gasteiger partial charge on any atom is -0.441 e. The van der Waals surface area contributed by atoms with Gasteiger partial charge in [0.2, 0.25) is 0 Å². The highest BCUT2D eigenvalue weighted by atomic mass is 16.3. The molecular weight excluding hydrogens is 188 g/mol. The van der Waals surface area contributed by atoms with Crippen LogP contribution in [0.1, 0.15) is 26.2 Å². The molecular formula is C12H16N2O.